The molecule has 23 heavy (non-hydrogen) atoms. The number of quaternary nitrogens is 1. The van der Waals surface area contributed by atoms with Gasteiger partial charge in [-0.05, 0) is 30.4 Å². The molecule has 0 aliphatic heterocycles. The van der Waals surface area contributed by atoms with Crippen molar-refractivity contribution in [2.75, 3.05) is 6.54 Å². The van der Waals surface area contributed by atoms with Gasteiger partial charge in [0.15, 0.2) is 0 Å². The molecule has 1 aliphatic rings. The molecule has 2 atom stereocenters. The number of rotatable bonds is 5. The van der Waals surface area contributed by atoms with Crippen molar-refractivity contribution in [3.05, 3.63) is 71.8 Å². The van der Waals surface area contributed by atoms with Gasteiger partial charge in [-0.1, -0.05) is 60.7 Å². The average molecular weight is 332 g/mol. The van der Waals surface area contributed by atoms with Crippen LogP contribution in [0.15, 0.2) is 60.7 Å². The Hall–Kier alpha value is -1.35. The molecule has 2 nitrogen and oxygen atoms in total. The summed E-state index contributed by atoms with van der Waals surface area (Å²) in [6, 6.07) is 21.4. The van der Waals surface area contributed by atoms with Crippen molar-refractivity contribution in [3.8, 4) is 0 Å². The zero-order chi connectivity index (χ0) is 15.3. The summed E-state index contributed by atoms with van der Waals surface area (Å²) < 4.78 is 0. The van der Waals surface area contributed by atoms with Crippen LogP contribution in [0, 0.1) is 0 Å². The van der Waals surface area contributed by atoms with Gasteiger partial charge in [-0.15, -0.1) is 0 Å². The van der Waals surface area contributed by atoms with Crippen LogP contribution in [-0.2, 0) is 12.0 Å². The Balaban J connectivity index is 0.00000192. The van der Waals surface area contributed by atoms with Gasteiger partial charge in [-0.2, -0.15) is 0 Å². The largest absolute Gasteiger partial charge is 1.00 e. The number of hydrogen-bond acceptors (Lipinski definition) is 1. The molecule has 0 aromatic heterocycles. The van der Waals surface area contributed by atoms with Crippen LogP contribution in [0.4, 0.5) is 0 Å². The van der Waals surface area contributed by atoms with Gasteiger partial charge >= 0.3 is 0 Å². The number of nitrogens with two attached hydrogens (primary N) is 1. The lowest BCUT2D eigenvalue weighted by Gasteiger charge is -2.36. The minimum Gasteiger partial charge on any atom is -1.00 e. The Bertz CT molecular complexity index is 575. The van der Waals surface area contributed by atoms with E-state index >= 15 is 0 Å². The number of aliphatic hydroxyl groups is 1. The molecule has 0 spiro atoms. The second-order valence-corrected chi connectivity index (χ2v) is 6.51. The zero-order valence-corrected chi connectivity index (χ0v) is 14.3. The van der Waals surface area contributed by atoms with Crippen LogP contribution in [0.1, 0.15) is 36.8 Å². The second-order valence-electron chi connectivity index (χ2n) is 6.51. The van der Waals surface area contributed by atoms with Crippen LogP contribution in [0.3, 0.4) is 0 Å². The summed E-state index contributed by atoms with van der Waals surface area (Å²) >= 11 is 0. The molecule has 0 heterocycles. The molecule has 3 N–H and O–H groups in total. The van der Waals surface area contributed by atoms with Crippen molar-refractivity contribution in [2.24, 2.45) is 0 Å². The van der Waals surface area contributed by atoms with Crippen molar-refractivity contribution < 1.29 is 22.8 Å². The monoisotopic (exact) mass is 331 g/mol. The summed E-state index contributed by atoms with van der Waals surface area (Å²) in [6.07, 6.45) is 5.18. The van der Waals surface area contributed by atoms with E-state index in [-0.39, 0.29) is 12.4 Å². The Morgan fingerprint density at radius 3 is 2.35 bits per heavy atom. The summed E-state index contributed by atoms with van der Waals surface area (Å²) in [7, 11) is 0. The molecule has 0 radical (unpaired) electrons. The maximum atomic E-state index is 11.0. The van der Waals surface area contributed by atoms with Gasteiger partial charge in [-0.25, -0.2) is 0 Å². The van der Waals surface area contributed by atoms with Crippen molar-refractivity contribution in [1.29, 1.82) is 0 Å². The van der Waals surface area contributed by atoms with Gasteiger partial charge < -0.3 is 22.8 Å². The Morgan fingerprint density at radius 2 is 1.65 bits per heavy atom. The summed E-state index contributed by atoms with van der Waals surface area (Å²) in [5, 5.41) is 13.4. The Morgan fingerprint density at radius 1 is 1.00 bits per heavy atom. The van der Waals surface area contributed by atoms with E-state index in [2.05, 4.69) is 47.8 Å². The first-order valence-electron chi connectivity index (χ1n) is 8.41. The zero-order valence-electron chi connectivity index (χ0n) is 13.5. The van der Waals surface area contributed by atoms with Crippen molar-refractivity contribution in [3.63, 3.8) is 0 Å². The van der Waals surface area contributed by atoms with Crippen molar-refractivity contribution >= 4 is 0 Å². The first kappa shape index (κ1) is 18.0. The predicted molar refractivity (Wildman–Crippen MR) is 89.5 cm³/mol. The lowest BCUT2D eigenvalue weighted by Crippen LogP contribution is -3.00. The molecule has 3 rings (SSSR count). The summed E-state index contributed by atoms with van der Waals surface area (Å²) in [6.45, 7) is 1.10. The van der Waals surface area contributed by atoms with E-state index in [4.69, 9.17) is 0 Å². The van der Waals surface area contributed by atoms with Crippen LogP contribution in [-0.4, -0.2) is 17.7 Å². The Labute approximate surface area is 145 Å². The standard InChI is InChI=1S/C20H25NO.ClH/c22-20(18-10-5-2-6-11-18)14-7-12-19(16-20)21-15-13-17-8-3-1-4-9-17;/h1-6,8-11,19,21-22H,7,12-16H2;1H. The van der Waals surface area contributed by atoms with Crippen LogP contribution in [0.25, 0.3) is 0 Å². The van der Waals surface area contributed by atoms with Gasteiger partial charge in [0.25, 0.3) is 0 Å². The molecule has 2 aromatic carbocycles. The van der Waals surface area contributed by atoms with E-state index in [1.807, 2.05) is 18.2 Å². The van der Waals surface area contributed by atoms with E-state index < -0.39 is 5.60 Å². The summed E-state index contributed by atoms with van der Waals surface area (Å²) in [5.74, 6) is 0. The molecule has 1 fully saturated rings. The highest BCUT2D eigenvalue weighted by molar-refractivity contribution is 5.23. The maximum Gasteiger partial charge on any atom is 0.0953 e. The fourth-order valence-corrected chi connectivity index (χ4v) is 3.64. The van der Waals surface area contributed by atoms with E-state index in [1.165, 1.54) is 12.0 Å². The lowest BCUT2D eigenvalue weighted by atomic mass is 9.77. The maximum absolute atomic E-state index is 11.0. The molecule has 1 aliphatic carbocycles. The Kier molecular flexibility index (Phi) is 6.64. The third-order valence-electron chi connectivity index (χ3n) is 4.85. The quantitative estimate of drug-likeness (QED) is 0.770. The van der Waals surface area contributed by atoms with E-state index in [9.17, 15) is 5.11 Å². The molecule has 1 saturated carbocycles. The minimum atomic E-state index is -0.632. The molecule has 3 heteroatoms. The van der Waals surface area contributed by atoms with Gasteiger partial charge in [-0.3, -0.25) is 0 Å². The first-order chi connectivity index (χ1) is 10.8. The van der Waals surface area contributed by atoms with Gasteiger partial charge in [0.2, 0.25) is 0 Å². The third kappa shape index (κ3) is 4.81. The number of halogens is 1. The highest BCUT2D eigenvalue weighted by atomic mass is 35.5. The van der Waals surface area contributed by atoms with Crippen molar-refractivity contribution in [2.45, 2.75) is 43.7 Å². The van der Waals surface area contributed by atoms with E-state index in [1.54, 1.807) is 0 Å². The molecule has 2 unspecified atom stereocenters. The van der Waals surface area contributed by atoms with Crippen LogP contribution < -0.4 is 17.7 Å². The molecule has 0 amide bonds. The fraction of sp³-hybridized carbons (Fsp3) is 0.400. The molecule has 124 valence electrons. The SMILES string of the molecule is OC1(c2ccccc2)CCCC([NH2+]CCc2ccccc2)C1.[Cl-]. The smallest absolute Gasteiger partial charge is 0.0953 e. The topological polar surface area (TPSA) is 36.8 Å². The summed E-state index contributed by atoms with van der Waals surface area (Å²) in [4.78, 5) is 0. The predicted octanol–water partition coefficient (Wildman–Crippen LogP) is -0.373. The average Bonchev–Trinajstić information content (AvgIpc) is 2.57. The van der Waals surface area contributed by atoms with E-state index in [0.29, 0.717) is 6.04 Å². The van der Waals surface area contributed by atoms with E-state index in [0.717, 1.165) is 37.8 Å². The summed E-state index contributed by atoms with van der Waals surface area (Å²) in [5.41, 5.74) is 1.84. The van der Waals surface area contributed by atoms with Crippen LogP contribution in [0.2, 0.25) is 0 Å². The van der Waals surface area contributed by atoms with Gasteiger partial charge in [0.1, 0.15) is 0 Å². The molecular formula is C20H26ClNO. The number of hydrogen-bond donors (Lipinski definition) is 2. The molecule has 0 saturated heterocycles. The van der Waals surface area contributed by atoms with Crippen LogP contribution >= 0.6 is 0 Å². The van der Waals surface area contributed by atoms with Crippen molar-refractivity contribution in [1.82, 2.24) is 0 Å². The molecular weight excluding hydrogens is 306 g/mol. The van der Waals surface area contributed by atoms with Crippen LogP contribution in [0.5, 0.6) is 0 Å². The fourth-order valence-electron chi connectivity index (χ4n) is 3.64. The second kappa shape index (κ2) is 8.49. The third-order valence-corrected chi connectivity index (χ3v) is 4.85. The highest BCUT2D eigenvalue weighted by Crippen LogP contribution is 2.35. The first-order valence-corrected chi connectivity index (χ1v) is 8.41. The van der Waals surface area contributed by atoms with Gasteiger partial charge in [0.05, 0.1) is 18.2 Å². The number of benzene rings is 2. The highest BCUT2D eigenvalue weighted by Gasteiger charge is 2.37. The normalized spacial score (nSPS) is 24.0. The minimum absolute atomic E-state index is 0. The molecule has 0 bridgehead atoms. The van der Waals surface area contributed by atoms with Gasteiger partial charge in [0, 0.05) is 12.8 Å². The lowest BCUT2D eigenvalue weighted by molar-refractivity contribution is -0.693. The molecule has 2 aromatic rings.